The van der Waals surface area contributed by atoms with Crippen LogP contribution in [0.15, 0.2) is 34.1 Å². The number of thiophene rings is 1. The van der Waals surface area contributed by atoms with E-state index in [1.165, 1.54) is 0 Å². The molecule has 2 unspecified atom stereocenters. The van der Waals surface area contributed by atoms with Gasteiger partial charge >= 0.3 is 5.97 Å². The Labute approximate surface area is 165 Å². The second-order valence-electron chi connectivity index (χ2n) is 6.24. The van der Waals surface area contributed by atoms with E-state index in [0.29, 0.717) is 17.9 Å². The average Bonchev–Trinajstić information content (AvgIpc) is 3.08. The van der Waals surface area contributed by atoms with E-state index in [9.17, 15) is 9.90 Å². The van der Waals surface area contributed by atoms with E-state index in [4.69, 9.17) is 9.47 Å². The lowest BCUT2D eigenvalue weighted by Gasteiger charge is -2.39. The summed E-state index contributed by atoms with van der Waals surface area (Å²) in [6.07, 6.45) is 2.59. The molecule has 1 saturated heterocycles. The van der Waals surface area contributed by atoms with Crippen molar-refractivity contribution in [1.29, 1.82) is 0 Å². The molecule has 140 valence electrons. The zero-order valence-electron chi connectivity index (χ0n) is 14.8. The van der Waals surface area contributed by atoms with Gasteiger partial charge in [-0.2, -0.15) is 0 Å². The summed E-state index contributed by atoms with van der Waals surface area (Å²) in [5.41, 5.74) is 0.954. The standard InChI is InChI=1S/C19H22BrNO4S/c1-24-12-6-7-13(15(11-12)25-2)18(16-8-9-17(20)26-16)21-10-4-3-5-14(21)19(22)23/h6-9,11,14,18H,3-5,10H2,1-2H3,(H,22,23). The maximum atomic E-state index is 11.9. The number of rotatable bonds is 6. The third kappa shape index (κ3) is 3.89. The summed E-state index contributed by atoms with van der Waals surface area (Å²) in [6.45, 7) is 0.742. The number of methoxy groups -OCH3 is 2. The van der Waals surface area contributed by atoms with Crippen LogP contribution in [0.1, 0.15) is 35.7 Å². The van der Waals surface area contributed by atoms with Gasteiger partial charge in [-0.15, -0.1) is 11.3 Å². The number of hydrogen-bond acceptors (Lipinski definition) is 5. The van der Waals surface area contributed by atoms with Gasteiger partial charge < -0.3 is 14.6 Å². The molecular formula is C19H22BrNO4S. The number of carboxylic acid groups (broad SMARTS) is 1. The van der Waals surface area contributed by atoms with E-state index in [1.807, 2.05) is 24.3 Å². The summed E-state index contributed by atoms with van der Waals surface area (Å²) < 4.78 is 12.0. The molecule has 1 N–H and O–H groups in total. The van der Waals surface area contributed by atoms with Crippen molar-refractivity contribution in [3.8, 4) is 11.5 Å². The Balaban J connectivity index is 2.11. The zero-order chi connectivity index (χ0) is 18.7. The summed E-state index contributed by atoms with van der Waals surface area (Å²) in [5.74, 6) is 0.650. The molecule has 2 heterocycles. The Bertz CT molecular complexity index is 779. The smallest absolute Gasteiger partial charge is 0.320 e. The molecule has 0 spiro atoms. The van der Waals surface area contributed by atoms with Crippen LogP contribution in [-0.2, 0) is 4.79 Å². The van der Waals surface area contributed by atoms with Crippen LogP contribution < -0.4 is 9.47 Å². The monoisotopic (exact) mass is 439 g/mol. The van der Waals surface area contributed by atoms with Gasteiger partial charge in [-0.25, -0.2) is 0 Å². The lowest BCUT2D eigenvalue weighted by atomic mass is 9.94. The first kappa shape index (κ1) is 19.2. The first-order valence-corrected chi connectivity index (χ1v) is 10.1. The Kier molecular flexibility index (Phi) is 6.21. The number of carboxylic acids is 1. The van der Waals surface area contributed by atoms with Crippen molar-refractivity contribution in [1.82, 2.24) is 4.90 Å². The molecule has 26 heavy (non-hydrogen) atoms. The molecule has 5 nitrogen and oxygen atoms in total. The molecule has 0 aliphatic carbocycles. The van der Waals surface area contributed by atoms with Crippen LogP contribution in [0.2, 0.25) is 0 Å². The molecule has 0 saturated carbocycles. The molecular weight excluding hydrogens is 418 g/mol. The van der Waals surface area contributed by atoms with Crippen LogP contribution in [0.5, 0.6) is 11.5 Å². The fourth-order valence-electron chi connectivity index (χ4n) is 3.54. The first-order chi connectivity index (χ1) is 12.5. The number of carbonyl (C=O) groups is 1. The van der Waals surface area contributed by atoms with E-state index in [-0.39, 0.29) is 6.04 Å². The summed E-state index contributed by atoms with van der Waals surface area (Å²) in [5, 5.41) is 9.77. The molecule has 1 aliphatic rings. The van der Waals surface area contributed by atoms with Gasteiger partial charge in [-0.05, 0) is 59.6 Å². The normalized spacial score (nSPS) is 19.1. The Morgan fingerprint density at radius 3 is 2.69 bits per heavy atom. The summed E-state index contributed by atoms with van der Waals surface area (Å²) in [4.78, 5) is 15.1. The van der Waals surface area contributed by atoms with E-state index in [2.05, 4.69) is 26.9 Å². The quantitative estimate of drug-likeness (QED) is 0.714. The number of likely N-dealkylation sites (tertiary alicyclic amines) is 1. The van der Waals surface area contributed by atoms with Crippen LogP contribution >= 0.6 is 27.3 Å². The minimum atomic E-state index is -0.766. The Morgan fingerprint density at radius 1 is 1.27 bits per heavy atom. The van der Waals surface area contributed by atoms with Gasteiger partial charge in [-0.3, -0.25) is 9.69 Å². The van der Waals surface area contributed by atoms with Crippen molar-refractivity contribution in [2.45, 2.75) is 31.3 Å². The number of ether oxygens (including phenoxy) is 2. The summed E-state index contributed by atoms with van der Waals surface area (Å²) in [6, 6.07) is 9.11. The molecule has 7 heteroatoms. The predicted molar refractivity (Wildman–Crippen MR) is 105 cm³/mol. The topological polar surface area (TPSA) is 59.0 Å². The summed E-state index contributed by atoms with van der Waals surface area (Å²) >= 11 is 5.15. The maximum absolute atomic E-state index is 11.9. The second-order valence-corrected chi connectivity index (χ2v) is 8.73. The molecule has 1 aromatic heterocycles. The van der Waals surface area contributed by atoms with E-state index in [1.54, 1.807) is 25.6 Å². The number of piperidine rings is 1. The molecule has 2 aromatic rings. The van der Waals surface area contributed by atoms with E-state index < -0.39 is 12.0 Å². The number of hydrogen-bond donors (Lipinski definition) is 1. The van der Waals surface area contributed by atoms with E-state index in [0.717, 1.165) is 33.6 Å². The highest BCUT2D eigenvalue weighted by molar-refractivity contribution is 9.11. The number of aliphatic carboxylic acids is 1. The molecule has 0 radical (unpaired) electrons. The van der Waals surface area contributed by atoms with Crippen LogP contribution in [0.25, 0.3) is 0 Å². The average molecular weight is 440 g/mol. The SMILES string of the molecule is COc1ccc(C(c2ccc(Br)s2)N2CCCCC2C(=O)O)c(OC)c1. The number of nitrogens with zero attached hydrogens (tertiary/aromatic N) is 1. The van der Waals surface area contributed by atoms with Gasteiger partial charge in [0.25, 0.3) is 0 Å². The Hall–Kier alpha value is -1.57. The van der Waals surface area contributed by atoms with Crippen molar-refractivity contribution in [3.05, 3.63) is 44.6 Å². The van der Waals surface area contributed by atoms with Gasteiger partial charge in [0, 0.05) is 16.5 Å². The first-order valence-electron chi connectivity index (χ1n) is 8.51. The van der Waals surface area contributed by atoms with Gasteiger partial charge in [0.2, 0.25) is 0 Å². The van der Waals surface area contributed by atoms with Gasteiger partial charge in [0.15, 0.2) is 0 Å². The van der Waals surface area contributed by atoms with Crippen LogP contribution in [0.3, 0.4) is 0 Å². The van der Waals surface area contributed by atoms with Crippen molar-refractivity contribution < 1.29 is 19.4 Å². The lowest BCUT2D eigenvalue weighted by molar-refractivity contribution is -0.145. The largest absolute Gasteiger partial charge is 0.497 e. The minimum Gasteiger partial charge on any atom is -0.497 e. The predicted octanol–water partition coefficient (Wildman–Crippen LogP) is 4.56. The highest BCUT2D eigenvalue weighted by atomic mass is 79.9. The number of halogens is 1. The Morgan fingerprint density at radius 2 is 2.08 bits per heavy atom. The third-order valence-electron chi connectivity index (χ3n) is 4.76. The van der Waals surface area contributed by atoms with Crippen LogP contribution in [-0.4, -0.2) is 42.8 Å². The van der Waals surface area contributed by atoms with Crippen molar-refractivity contribution in [2.75, 3.05) is 20.8 Å². The number of benzene rings is 1. The van der Waals surface area contributed by atoms with E-state index >= 15 is 0 Å². The molecule has 0 bridgehead atoms. The van der Waals surface area contributed by atoms with Crippen molar-refractivity contribution >= 4 is 33.2 Å². The van der Waals surface area contributed by atoms with Crippen LogP contribution in [0, 0.1) is 0 Å². The summed E-state index contributed by atoms with van der Waals surface area (Å²) in [7, 11) is 3.25. The van der Waals surface area contributed by atoms with Gasteiger partial charge in [-0.1, -0.05) is 6.42 Å². The maximum Gasteiger partial charge on any atom is 0.320 e. The zero-order valence-corrected chi connectivity index (χ0v) is 17.2. The molecule has 1 fully saturated rings. The molecule has 1 aliphatic heterocycles. The second kappa shape index (κ2) is 8.41. The van der Waals surface area contributed by atoms with Crippen LogP contribution in [0.4, 0.5) is 0 Å². The lowest BCUT2D eigenvalue weighted by Crippen LogP contribution is -2.46. The molecule has 0 amide bonds. The fraction of sp³-hybridized carbons (Fsp3) is 0.421. The highest BCUT2D eigenvalue weighted by Gasteiger charge is 2.37. The third-order valence-corrected chi connectivity index (χ3v) is 6.44. The van der Waals surface area contributed by atoms with Gasteiger partial charge in [0.05, 0.1) is 24.0 Å². The molecule has 1 aromatic carbocycles. The highest BCUT2D eigenvalue weighted by Crippen LogP contribution is 2.42. The molecule has 2 atom stereocenters. The minimum absolute atomic E-state index is 0.173. The van der Waals surface area contributed by atoms with Gasteiger partial charge in [0.1, 0.15) is 17.5 Å². The van der Waals surface area contributed by atoms with Crippen molar-refractivity contribution in [3.63, 3.8) is 0 Å². The van der Waals surface area contributed by atoms with Crippen molar-refractivity contribution in [2.24, 2.45) is 0 Å². The molecule has 3 rings (SSSR count). The fourth-order valence-corrected chi connectivity index (χ4v) is 5.11.